The molecule has 0 saturated heterocycles. The maximum atomic E-state index is 14.6. The van der Waals surface area contributed by atoms with Gasteiger partial charge in [0.1, 0.15) is 24.1 Å². The van der Waals surface area contributed by atoms with Gasteiger partial charge in [0.2, 0.25) is 11.8 Å². The summed E-state index contributed by atoms with van der Waals surface area (Å²) in [5.74, 6) is 0.305. The van der Waals surface area contributed by atoms with E-state index in [1.54, 1.807) is 42.5 Å². The van der Waals surface area contributed by atoms with E-state index in [0.29, 0.717) is 18.0 Å². The molecule has 48 heavy (non-hydrogen) atoms. The Hall–Kier alpha value is -5.41. The minimum atomic E-state index is -4.20. The molecule has 5 aromatic rings. The zero-order valence-corrected chi connectivity index (χ0v) is 27.8. The molecule has 5 aromatic carbocycles. The Balaban J connectivity index is 1.54. The van der Waals surface area contributed by atoms with Gasteiger partial charge in [-0.15, -0.1) is 0 Å². The number of para-hydroxylation sites is 1. The van der Waals surface area contributed by atoms with Crippen molar-refractivity contribution in [1.29, 1.82) is 0 Å². The smallest absolute Gasteiger partial charge is 0.264 e. The van der Waals surface area contributed by atoms with Gasteiger partial charge in [-0.1, -0.05) is 96.6 Å². The molecule has 0 radical (unpaired) electrons. The number of amides is 2. The Morgan fingerprint density at radius 2 is 1.31 bits per heavy atom. The summed E-state index contributed by atoms with van der Waals surface area (Å²) in [6.07, 6.45) is 0.251. The fraction of sp³-hybridized carbons (Fsp3) is 0.179. The Morgan fingerprint density at radius 1 is 0.729 bits per heavy atom. The molecule has 1 atom stereocenters. The molecule has 0 spiro atoms. The van der Waals surface area contributed by atoms with Gasteiger partial charge in [0, 0.05) is 19.5 Å². The quantitative estimate of drug-likeness (QED) is 0.142. The molecule has 0 bridgehead atoms. The molecule has 1 N–H and O–H groups in total. The standard InChI is InChI=1S/C39H39N3O5S/c1-3-40-39(44)37(27-31-15-7-4-8-16-31)41(28-32-17-13-14-30(2)26-32)38(43)29-42(48(45,46)36-20-11-6-12-21-36)33-22-24-35(25-23-33)47-34-18-9-5-10-19-34/h4-26,37H,3,27-29H2,1-2H3,(H,40,44). The molecular formula is C39H39N3O5S. The normalized spacial score (nSPS) is 11.7. The lowest BCUT2D eigenvalue weighted by molar-refractivity contribution is -0.140. The molecule has 5 rings (SSSR count). The van der Waals surface area contributed by atoms with E-state index in [4.69, 9.17) is 4.74 Å². The number of nitrogens with zero attached hydrogens (tertiary/aromatic N) is 2. The van der Waals surface area contributed by atoms with Crippen molar-refractivity contribution >= 4 is 27.5 Å². The Morgan fingerprint density at radius 3 is 1.94 bits per heavy atom. The van der Waals surface area contributed by atoms with Crippen LogP contribution in [0.4, 0.5) is 5.69 Å². The number of ether oxygens (including phenoxy) is 1. The Kier molecular flexibility index (Phi) is 11.3. The van der Waals surface area contributed by atoms with Gasteiger partial charge in [0.05, 0.1) is 10.6 Å². The average molecular weight is 662 g/mol. The van der Waals surface area contributed by atoms with Crippen molar-refractivity contribution in [1.82, 2.24) is 10.2 Å². The van der Waals surface area contributed by atoms with Crippen LogP contribution in [0, 0.1) is 6.92 Å². The highest BCUT2D eigenvalue weighted by Crippen LogP contribution is 2.29. The molecule has 0 aliphatic heterocycles. The minimum absolute atomic E-state index is 0.0391. The molecule has 8 nitrogen and oxygen atoms in total. The fourth-order valence-corrected chi connectivity index (χ4v) is 6.84. The maximum Gasteiger partial charge on any atom is 0.264 e. The average Bonchev–Trinajstić information content (AvgIpc) is 3.10. The van der Waals surface area contributed by atoms with E-state index in [1.165, 1.54) is 17.0 Å². The first-order valence-corrected chi connectivity index (χ1v) is 17.3. The topological polar surface area (TPSA) is 96.0 Å². The molecular weight excluding hydrogens is 623 g/mol. The van der Waals surface area contributed by atoms with Gasteiger partial charge in [-0.3, -0.25) is 13.9 Å². The minimum Gasteiger partial charge on any atom is -0.457 e. The highest BCUT2D eigenvalue weighted by atomic mass is 32.2. The van der Waals surface area contributed by atoms with Crippen LogP contribution in [0.2, 0.25) is 0 Å². The molecule has 9 heteroatoms. The van der Waals surface area contributed by atoms with Crippen molar-refractivity contribution in [3.63, 3.8) is 0 Å². The zero-order valence-electron chi connectivity index (χ0n) is 27.0. The van der Waals surface area contributed by atoms with Gasteiger partial charge in [-0.2, -0.15) is 0 Å². The lowest BCUT2D eigenvalue weighted by atomic mass is 10.0. The van der Waals surface area contributed by atoms with E-state index in [2.05, 4.69) is 5.32 Å². The van der Waals surface area contributed by atoms with E-state index in [0.717, 1.165) is 21.0 Å². The van der Waals surface area contributed by atoms with Crippen LogP contribution in [-0.4, -0.2) is 44.3 Å². The van der Waals surface area contributed by atoms with Crippen molar-refractivity contribution in [3.8, 4) is 11.5 Å². The van der Waals surface area contributed by atoms with E-state index >= 15 is 0 Å². The van der Waals surface area contributed by atoms with Crippen LogP contribution in [0.15, 0.2) is 144 Å². The first-order chi connectivity index (χ1) is 23.2. The van der Waals surface area contributed by atoms with Crippen molar-refractivity contribution in [3.05, 3.63) is 156 Å². The largest absolute Gasteiger partial charge is 0.457 e. The van der Waals surface area contributed by atoms with Crippen LogP contribution in [0.5, 0.6) is 11.5 Å². The van der Waals surface area contributed by atoms with Crippen molar-refractivity contribution < 1.29 is 22.7 Å². The van der Waals surface area contributed by atoms with Crippen LogP contribution in [0.3, 0.4) is 0 Å². The van der Waals surface area contributed by atoms with Gasteiger partial charge < -0.3 is 15.0 Å². The van der Waals surface area contributed by atoms with Crippen molar-refractivity contribution in [2.24, 2.45) is 0 Å². The van der Waals surface area contributed by atoms with Crippen LogP contribution in [0.25, 0.3) is 0 Å². The van der Waals surface area contributed by atoms with Gasteiger partial charge >= 0.3 is 0 Å². The molecule has 0 saturated carbocycles. The molecule has 0 heterocycles. The number of sulfonamides is 1. The number of nitrogens with one attached hydrogen (secondary N) is 1. The molecule has 0 aliphatic carbocycles. The second kappa shape index (κ2) is 15.9. The number of anilines is 1. The number of aryl methyl sites for hydroxylation is 1. The number of carbonyl (C=O) groups excluding carboxylic acids is 2. The first-order valence-electron chi connectivity index (χ1n) is 15.8. The number of hydrogen-bond donors (Lipinski definition) is 1. The number of hydrogen-bond acceptors (Lipinski definition) is 5. The third-order valence-electron chi connectivity index (χ3n) is 7.77. The number of rotatable bonds is 14. The third kappa shape index (κ3) is 8.68. The van der Waals surface area contributed by atoms with Gasteiger partial charge in [0.25, 0.3) is 10.0 Å². The summed E-state index contributed by atoms with van der Waals surface area (Å²) in [5.41, 5.74) is 2.98. The van der Waals surface area contributed by atoms with Crippen LogP contribution >= 0.6 is 0 Å². The summed E-state index contributed by atoms with van der Waals surface area (Å²) in [6.45, 7) is 3.73. The summed E-state index contributed by atoms with van der Waals surface area (Å²) < 4.78 is 35.4. The molecule has 246 valence electrons. The first kappa shape index (κ1) is 33.9. The summed E-state index contributed by atoms with van der Waals surface area (Å²) in [6, 6.07) is 40.1. The summed E-state index contributed by atoms with van der Waals surface area (Å²) >= 11 is 0. The van der Waals surface area contributed by atoms with Crippen LogP contribution in [-0.2, 0) is 32.6 Å². The van der Waals surface area contributed by atoms with E-state index < -0.39 is 28.5 Å². The number of likely N-dealkylation sites (N-methyl/N-ethyl adjacent to an activating group) is 1. The van der Waals surface area contributed by atoms with E-state index in [1.807, 2.05) is 98.8 Å². The summed E-state index contributed by atoms with van der Waals surface area (Å²) in [7, 11) is -4.20. The molecule has 1 unspecified atom stereocenters. The van der Waals surface area contributed by atoms with Gasteiger partial charge in [-0.05, 0) is 73.5 Å². The second-order valence-corrected chi connectivity index (χ2v) is 13.2. The monoisotopic (exact) mass is 661 g/mol. The Labute approximate surface area is 282 Å². The Bertz CT molecular complexity index is 1900. The van der Waals surface area contributed by atoms with Gasteiger partial charge in [-0.25, -0.2) is 8.42 Å². The molecule has 0 aromatic heterocycles. The van der Waals surface area contributed by atoms with Crippen LogP contribution in [0.1, 0.15) is 23.6 Å². The number of benzene rings is 5. The molecule has 0 fully saturated rings. The van der Waals surface area contributed by atoms with E-state index in [9.17, 15) is 18.0 Å². The van der Waals surface area contributed by atoms with Crippen molar-refractivity contribution in [2.45, 2.75) is 37.8 Å². The summed E-state index contributed by atoms with van der Waals surface area (Å²) in [4.78, 5) is 29.8. The third-order valence-corrected chi connectivity index (χ3v) is 9.56. The maximum absolute atomic E-state index is 14.6. The highest BCUT2D eigenvalue weighted by molar-refractivity contribution is 7.92. The van der Waals surface area contributed by atoms with Gasteiger partial charge in [0.15, 0.2) is 0 Å². The molecule has 0 aliphatic rings. The number of carbonyl (C=O) groups is 2. The highest BCUT2D eigenvalue weighted by Gasteiger charge is 2.34. The van der Waals surface area contributed by atoms with Crippen LogP contribution < -0.4 is 14.4 Å². The SMILES string of the molecule is CCNC(=O)C(Cc1ccccc1)N(Cc1cccc(C)c1)C(=O)CN(c1ccc(Oc2ccccc2)cc1)S(=O)(=O)c1ccccc1. The van der Waals surface area contributed by atoms with E-state index in [-0.39, 0.29) is 29.5 Å². The zero-order chi connectivity index (χ0) is 33.9. The molecule has 2 amide bonds. The predicted octanol–water partition coefficient (Wildman–Crippen LogP) is 6.76. The fourth-order valence-electron chi connectivity index (χ4n) is 5.41. The lowest BCUT2D eigenvalue weighted by Gasteiger charge is -2.34. The summed E-state index contributed by atoms with van der Waals surface area (Å²) in [5, 5.41) is 2.89. The predicted molar refractivity (Wildman–Crippen MR) is 188 cm³/mol. The second-order valence-electron chi connectivity index (χ2n) is 11.3. The lowest BCUT2D eigenvalue weighted by Crippen LogP contribution is -2.53. The van der Waals surface area contributed by atoms with Crippen molar-refractivity contribution in [2.75, 3.05) is 17.4 Å².